The molecule has 120 valence electrons. The molecule has 1 aliphatic rings. The monoisotopic (exact) mass is 306 g/mol. The number of nitrogens with one attached hydrogen (secondary N) is 1. The normalized spacial score (nSPS) is 22.9. The summed E-state index contributed by atoms with van der Waals surface area (Å²) in [5, 5.41) is 2.76. The van der Waals surface area contributed by atoms with Crippen molar-refractivity contribution in [3.05, 3.63) is 0 Å². The number of halogens is 1. The number of carbonyl (C=O) groups excluding carboxylic acids is 1. The van der Waals surface area contributed by atoms with Crippen molar-refractivity contribution in [2.75, 3.05) is 19.7 Å². The van der Waals surface area contributed by atoms with E-state index < -0.39 is 0 Å². The average Bonchev–Trinajstić information content (AvgIpc) is 2.36. The highest BCUT2D eigenvalue weighted by molar-refractivity contribution is 5.85. The van der Waals surface area contributed by atoms with Crippen LogP contribution < -0.4 is 5.32 Å². The topological polar surface area (TPSA) is 41.6 Å². The lowest BCUT2D eigenvalue weighted by atomic mass is 9.97. The van der Waals surface area contributed by atoms with Crippen LogP contribution in [0.4, 0.5) is 4.79 Å². The molecule has 0 aliphatic carbocycles. The summed E-state index contributed by atoms with van der Waals surface area (Å²) in [4.78, 5) is 13.7. The molecule has 4 nitrogen and oxygen atoms in total. The van der Waals surface area contributed by atoms with E-state index in [1.54, 1.807) is 0 Å². The number of carbonyl (C=O) groups is 1. The first-order valence-corrected chi connectivity index (χ1v) is 7.81. The number of nitrogens with zero attached hydrogens (tertiary/aromatic N) is 1. The van der Waals surface area contributed by atoms with Crippen LogP contribution in [-0.4, -0.2) is 42.8 Å². The highest BCUT2D eigenvalue weighted by atomic mass is 35.5. The molecule has 0 spiro atoms. The van der Waals surface area contributed by atoms with Crippen molar-refractivity contribution in [1.29, 1.82) is 0 Å². The zero-order valence-electron chi connectivity index (χ0n) is 13.2. The van der Waals surface area contributed by atoms with Crippen LogP contribution in [0.1, 0.15) is 59.3 Å². The Morgan fingerprint density at radius 2 is 1.85 bits per heavy atom. The molecule has 1 fully saturated rings. The lowest BCUT2D eigenvalue weighted by molar-refractivity contribution is 0.101. The Morgan fingerprint density at radius 3 is 2.45 bits per heavy atom. The third kappa shape index (κ3) is 7.34. The van der Waals surface area contributed by atoms with Crippen molar-refractivity contribution >= 4 is 18.5 Å². The van der Waals surface area contributed by atoms with Gasteiger partial charge in [0.25, 0.3) is 0 Å². The minimum Gasteiger partial charge on any atom is -0.450 e. The summed E-state index contributed by atoms with van der Waals surface area (Å²) < 4.78 is 4.81. The van der Waals surface area contributed by atoms with Crippen molar-refractivity contribution in [3.8, 4) is 0 Å². The summed E-state index contributed by atoms with van der Waals surface area (Å²) in [6, 6.07) is 1.47. The smallest absolute Gasteiger partial charge is 0.407 e. The van der Waals surface area contributed by atoms with Crippen molar-refractivity contribution in [3.63, 3.8) is 0 Å². The Bertz CT molecular complexity index is 254. The minimum absolute atomic E-state index is 0. The van der Waals surface area contributed by atoms with Crippen molar-refractivity contribution in [2.45, 2.75) is 71.4 Å². The van der Waals surface area contributed by atoms with Gasteiger partial charge in [0.1, 0.15) is 0 Å². The van der Waals surface area contributed by atoms with E-state index in [9.17, 15) is 4.79 Å². The SMILES string of the molecule is CCOC(=O)NCCCCCN1C(C)CCCC1C.Cl. The molecule has 20 heavy (non-hydrogen) atoms. The molecular formula is C15H31ClN2O2. The van der Waals surface area contributed by atoms with Gasteiger partial charge in [-0.1, -0.05) is 12.8 Å². The Balaban J connectivity index is 0.00000361. The number of hydrogen-bond donors (Lipinski definition) is 1. The second-order valence-electron chi connectivity index (χ2n) is 5.57. The van der Waals surface area contributed by atoms with Crippen LogP contribution in [0.15, 0.2) is 0 Å². The van der Waals surface area contributed by atoms with Crippen molar-refractivity contribution in [2.24, 2.45) is 0 Å². The standard InChI is InChI=1S/C15H30N2O2.ClH/c1-4-19-15(18)16-11-6-5-7-12-17-13(2)9-8-10-14(17)3;/h13-14H,4-12H2,1-3H3,(H,16,18);1H. The maximum absolute atomic E-state index is 11.1. The minimum atomic E-state index is -0.291. The van der Waals surface area contributed by atoms with E-state index in [2.05, 4.69) is 24.1 Å². The van der Waals surface area contributed by atoms with Crippen LogP contribution in [0.5, 0.6) is 0 Å². The molecule has 1 aliphatic heterocycles. The number of piperidine rings is 1. The van der Waals surface area contributed by atoms with Gasteiger partial charge in [-0.05, 0) is 53.0 Å². The third-order valence-electron chi connectivity index (χ3n) is 4.01. The van der Waals surface area contributed by atoms with E-state index in [0.717, 1.165) is 25.0 Å². The van der Waals surface area contributed by atoms with E-state index in [4.69, 9.17) is 4.74 Å². The molecule has 0 aromatic rings. The lowest BCUT2D eigenvalue weighted by Gasteiger charge is -2.39. The van der Waals surface area contributed by atoms with Gasteiger partial charge >= 0.3 is 6.09 Å². The molecule has 0 radical (unpaired) electrons. The molecular weight excluding hydrogens is 276 g/mol. The zero-order chi connectivity index (χ0) is 14.1. The zero-order valence-corrected chi connectivity index (χ0v) is 14.0. The van der Waals surface area contributed by atoms with Gasteiger partial charge in [-0.25, -0.2) is 4.79 Å². The Labute approximate surface area is 130 Å². The van der Waals surface area contributed by atoms with E-state index in [1.165, 1.54) is 38.6 Å². The van der Waals surface area contributed by atoms with E-state index in [-0.39, 0.29) is 18.5 Å². The molecule has 0 aromatic heterocycles. The lowest BCUT2D eigenvalue weighted by Crippen LogP contribution is -2.44. The van der Waals surface area contributed by atoms with Gasteiger partial charge in [0.05, 0.1) is 6.61 Å². The number of ether oxygens (including phenoxy) is 1. The summed E-state index contributed by atoms with van der Waals surface area (Å²) in [5.41, 5.74) is 0. The van der Waals surface area contributed by atoms with Gasteiger partial charge in [0, 0.05) is 18.6 Å². The molecule has 1 saturated heterocycles. The number of likely N-dealkylation sites (tertiary alicyclic amines) is 1. The van der Waals surface area contributed by atoms with Gasteiger partial charge in [-0.3, -0.25) is 4.90 Å². The van der Waals surface area contributed by atoms with Crippen LogP contribution in [0, 0.1) is 0 Å². The molecule has 1 heterocycles. The van der Waals surface area contributed by atoms with Crippen LogP contribution in [0.25, 0.3) is 0 Å². The predicted octanol–water partition coefficient (Wildman–Crippen LogP) is 3.59. The summed E-state index contributed by atoms with van der Waals surface area (Å²) in [6.45, 7) is 8.87. The fourth-order valence-electron chi connectivity index (χ4n) is 2.88. The molecule has 0 saturated carbocycles. The second-order valence-corrected chi connectivity index (χ2v) is 5.57. The van der Waals surface area contributed by atoms with Crippen LogP contribution >= 0.6 is 12.4 Å². The van der Waals surface area contributed by atoms with Gasteiger partial charge in [0.15, 0.2) is 0 Å². The maximum Gasteiger partial charge on any atom is 0.407 e. The number of unbranched alkanes of at least 4 members (excludes halogenated alkanes) is 2. The second kappa shape index (κ2) is 11.2. The number of rotatable bonds is 7. The largest absolute Gasteiger partial charge is 0.450 e. The van der Waals surface area contributed by atoms with Gasteiger partial charge in [-0.2, -0.15) is 0 Å². The number of alkyl carbamates (subject to hydrolysis) is 1. The van der Waals surface area contributed by atoms with E-state index >= 15 is 0 Å². The van der Waals surface area contributed by atoms with E-state index in [0.29, 0.717) is 6.61 Å². The maximum atomic E-state index is 11.1. The fraction of sp³-hybridized carbons (Fsp3) is 0.933. The average molecular weight is 307 g/mol. The van der Waals surface area contributed by atoms with Crippen molar-refractivity contribution < 1.29 is 9.53 Å². The molecule has 5 heteroatoms. The van der Waals surface area contributed by atoms with E-state index in [1.807, 2.05) is 6.92 Å². The summed E-state index contributed by atoms with van der Waals surface area (Å²) >= 11 is 0. The van der Waals surface area contributed by atoms with Crippen LogP contribution in [0.3, 0.4) is 0 Å². The van der Waals surface area contributed by atoms with Gasteiger partial charge in [-0.15, -0.1) is 12.4 Å². The first-order chi connectivity index (χ1) is 9.15. The number of amides is 1. The molecule has 1 rings (SSSR count). The highest BCUT2D eigenvalue weighted by Gasteiger charge is 2.23. The van der Waals surface area contributed by atoms with Gasteiger partial charge in [0.2, 0.25) is 0 Å². The predicted molar refractivity (Wildman–Crippen MR) is 85.6 cm³/mol. The quantitative estimate of drug-likeness (QED) is 0.731. The molecule has 1 N–H and O–H groups in total. The molecule has 0 bridgehead atoms. The Morgan fingerprint density at radius 1 is 1.20 bits per heavy atom. The molecule has 2 unspecified atom stereocenters. The molecule has 1 amide bonds. The first-order valence-electron chi connectivity index (χ1n) is 7.81. The van der Waals surface area contributed by atoms with Gasteiger partial charge < -0.3 is 10.1 Å². The molecule has 0 aromatic carbocycles. The number of hydrogen-bond acceptors (Lipinski definition) is 3. The fourth-order valence-corrected chi connectivity index (χ4v) is 2.88. The summed E-state index contributed by atoms with van der Waals surface area (Å²) in [5.74, 6) is 0. The summed E-state index contributed by atoms with van der Waals surface area (Å²) in [7, 11) is 0. The first kappa shape index (κ1) is 19.5. The van der Waals surface area contributed by atoms with Crippen LogP contribution in [0.2, 0.25) is 0 Å². The Hall–Kier alpha value is -0.480. The van der Waals surface area contributed by atoms with Crippen molar-refractivity contribution in [1.82, 2.24) is 10.2 Å². The highest BCUT2D eigenvalue weighted by Crippen LogP contribution is 2.22. The molecule has 2 atom stereocenters. The third-order valence-corrected chi connectivity index (χ3v) is 4.01. The Kier molecular flexibility index (Phi) is 10.9. The summed E-state index contributed by atoms with van der Waals surface area (Å²) in [6.07, 6.45) is 7.20. The van der Waals surface area contributed by atoms with Crippen LogP contribution in [-0.2, 0) is 4.74 Å².